The molecular weight excluding hydrogens is 513 g/mol. The lowest BCUT2D eigenvalue weighted by Crippen LogP contribution is -2.22. The zero-order valence-electron chi connectivity index (χ0n) is 17.3. The van der Waals surface area contributed by atoms with E-state index in [1.165, 1.54) is 29.6 Å². The van der Waals surface area contributed by atoms with Gasteiger partial charge >= 0.3 is 5.97 Å². The minimum Gasteiger partial charge on any atom is -0.480 e. The van der Waals surface area contributed by atoms with Crippen LogP contribution in [0, 0.1) is 0 Å². The standard InChI is InChI=1S/C23H15Cl2N5O2S2/c24-15-8-16(25)10-18(9-15)34-30(12-22(31)32)17-1-2-20-14(7-17)3-5-29(20)21-11-19(27-13-28-21)23-26-4-6-33-23/h1-11,13H,12H2,(H,31,32). The van der Waals surface area contributed by atoms with Gasteiger partial charge in [-0.15, -0.1) is 11.3 Å². The molecular formula is C23H15Cl2N5O2S2. The van der Waals surface area contributed by atoms with Gasteiger partial charge in [0, 0.05) is 49.9 Å². The van der Waals surface area contributed by atoms with E-state index in [9.17, 15) is 9.90 Å². The highest BCUT2D eigenvalue weighted by atomic mass is 35.5. The van der Waals surface area contributed by atoms with Crippen LogP contribution in [0.2, 0.25) is 10.0 Å². The number of fused-ring (bicyclic) bond motifs is 1. The molecule has 7 nitrogen and oxygen atoms in total. The third-order valence-corrected chi connectivity index (χ3v) is 7.08. The molecule has 3 aromatic heterocycles. The largest absolute Gasteiger partial charge is 0.480 e. The van der Waals surface area contributed by atoms with E-state index >= 15 is 0 Å². The molecule has 0 amide bonds. The second-order valence-corrected chi connectivity index (χ2v) is 10.0. The van der Waals surface area contributed by atoms with Gasteiger partial charge in [-0.25, -0.2) is 15.0 Å². The van der Waals surface area contributed by atoms with Gasteiger partial charge in [-0.2, -0.15) is 0 Å². The maximum atomic E-state index is 11.6. The molecule has 0 radical (unpaired) electrons. The number of carbonyl (C=O) groups is 1. The molecule has 0 unspecified atom stereocenters. The number of hydrogen-bond donors (Lipinski definition) is 1. The molecule has 0 saturated carbocycles. The van der Waals surface area contributed by atoms with Crippen molar-refractivity contribution in [3.05, 3.63) is 82.7 Å². The summed E-state index contributed by atoms with van der Waals surface area (Å²) in [7, 11) is 0. The summed E-state index contributed by atoms with van der Waals surface area (Å²) in [4.78, 5) is 25.4. The summed E-state index contributed by atoms with van der Waals surface area (Å²) in [6.45, 7) is -0.204. The third kappa shape index (κ3) is 4.88. The number of halogens is 2. The van der Waals surface area contributed by atoms with Crippen molar-refractivity contribution in [2.24, 2.45) is 0 Å². The molecule has 0 aliphatic rings. The molecule has 0 aliphatic heterocycles. The lowest BCUT2D eigenvalue weighted by Gasteiger charge is -2.22. The van der Waals surface area contributed by atoms with Crippen molar-refractivity contribution in [1.82, 2.24) is 19.5 Å². The number of thiazole rings is 1. The number of hydrogen-bond acceptors (Lipinski definition) is 7. The molecule has 0 atom stereocenters. The third-order valence-electron chi connectivity index (χ3n) is 4.84. The van der Waals surface area contributed by atoms with Crippen LogP contribution in [0.5, 0.6) is 0 Å². The van der Waals surface area contributed by atoms with Crippen LogP contribution in [0.15, 0.2) is 77.5 Å². The Labute approximate surface area is 212 Å². The molecule has 2 aromatic carbocycles. The number of aliphatic carboxylic acids is 1. The van der Waals surface area contributed by atoms with Crippen LogP contribution in [0.3, 0.4) is 0 Å². The Hall–Kier alpha value is -3.11. The molecule has 1 N–H and O–H groups in total. The van der Waals surface area contributed by atoms with E-state index in [4.69, 9.17) is 23.2 Å². The maximum absolute atomic E-state index is 11.6. The Morgan fingerprint density at radius 1 is 1.06 bits per heavy atom. The highest BCUT2D eigenvalue weighted by molar-refractivity contribution is 8.00. The van der Waals surface area contributed by atoms with Crippen LogP contribution in [-0.4, -0.2) is 37.1 Å². The smallest absolute Gasteiger partial charge is 0.324 e. The maximum Gasteiger partial charge on any atom is 0.324 e. The summed E-state index contributed by atoms with van der Waals surface area (Å²) in [6.07, 6.45) is 5.19. The van der Waals surface area contributed by atoms with Crippen LogP contribution in [0.4, 0.5) is 5.69 Å². The van der Waals surface area contributed by atoms with E-state index in [1.54, 1.807) is 28.7 Å². The lowest BCUT2D eigenvalue weighted by atomic mass is 10.2. The van der Waals surface area contributed by atoms with Gasteiger partial charge in [0.1, 0.15) is 29.4 Å². The quantitative estimate of drug-likeness (QED) is 0.243. The molecule has 5 rings (SSSR count). The van der Waals surface area contributed by atoms with Gasteiger partial charge in [-0.3, -0.25) is 4.79 Å². The van der Waals surface area contributed by atoms with Gasteiger partial charge < -0.3 is 14.0 Å². The molecule has 5 aromatic rings. The van der Waals surface area contributed by atoms with E-state index in [0.717, 1.165) is 32.2 Å². The number of carboxylic acids is 1. The first kappa shape index (κ1) is 22.7. The fourth-order valence-electron chi connectivity index (χ4n) is 3.44. The molecule has 170 valence electrons. The predicted molar refractivity (Wildman–Crippen MR) is 137 cm³/mol. The van der Waals surface area contributed by atoms with Crippen LogP contribution in [0.25, 0.3) is 27.4 Å². The number of anilines is 1. The van der Waals surface area contributed by atoms with Crippen molar-refractivity contribution in [3.63, 3.8) is 0 Å². The normalized spacial score (nSPS) is 11.1. The summed E-state index contributed by atoms with van der Waals surface area (Å²) in [6, 6.07) is 14.7. The Bertz CT molecular complexity index is 1470. The average molecular weight is 528 g/mol. The first-order chi connectivity index (χ1) is 16.5. The molecule has 0 aliphatic carbocycles. The van der Waals surface area contributed by atoms with Gasteiger partial charge in [-0.1, -0.05) is 23.2 Å². The minimum atomic E-state index is -0.950. The molecule has 0 fully saturated rings. The van der Waals surface area contributed by atoms with Crippen LogP contribution < -0.4 is 4.31 Å². The lowest BCUT2D eigenvalue weighted by molar-refractivity contribution is -0.135. The molecule has 11 heteroatoms. The van der Waals surface area contributed by atoms with Crippen LogP contribution >= 0.6 is 46.5 Å². The summed E-state index contributed by atoms with van der Waals surface area (Å²) in [5.41, 5.74) is 2.42. The van der Waals surface area contributed by atoms with Crippen molar-refractivity contribution < 1.29 is 9.90 Å². The second-order valence-electron chi connectivity index (χ2n) is 7.15. The van der Waals surface area contributed by atoms with Gasteiger partial charge in [0.05, 0.1) is 5.52 Å². The fourth-order valence-corrected chi connectivity index (χ4v) is 5.71. The van der Waals surface area contributed by atoms with E-state index < -0.39 is 5.97 Å². The minimum absolute atomic E-state index is 0.204. The van der Waals surface area contributed by atoms with Crippen molar-refractivity contribution >= 4 is 69.0 Å². The van der Waals surface area contributed by atoms with Gasteiger partial charge in [-0.05, 0) is 54.4 Å². The van der Waals surface area contributed by atoms with E-state index in [0.29, 0.717) is 15.9 Å². The highest BCUT2D eigenvalue weighted by Gasteiger charge is 2.16. The fraction of sp³-hybridized carbons (Fsp3) is 0.0435. The zero-order chi connectivity index (χ0) is 23.7. The molecule has 0 bridgehead atoms. The Morgan fingerprint density at radius 2 is 1.88 bits per heavy atom. The number of rotatable bonds is 7. The van der Waals surface area contributed by atoms with Crippen molar-refractivity contribution in [1.29, 1.82) is 0 Å². The number of carboxylic acid groups (broad SMARTS) is 1. The Kier molecular flexibility index (Phi) is 6.42. The van der Waals surface area contributed by atoms with Crippen molar-refractivity contribution in [3.8, 4) is 16.5 Å². The zero-order valence-corrected chi connectivity index (χ0v) is 20.4. The van der Waals surface area contributed by atoms with Crippen molar-refractivity contribution in [2.75, 3.05) is 10.8 Å². The van der Waals surface area contributed by atoms with Crippen LogP contribution in [0.1, 0.15) is 0 Å². The van der Waals surface area contributed by atoms with E-state index in [-0.39, 0.29) is 6.54 Å². The van der Waals surface area contributed by atoms with Crippen molar-refractivity contribution in [2.45, 2.75) is 4.90 Å². The Morgan fingerprint density at radius 3 is 2.62 bits per heavy atom. The summed E-state index contributed by atoms with van der Waals surface area (Å²) >= 11 is 15.0. The summed E-state index contributed by atoms with van der Waals surface area (Å²) in [5, 5.41) is 14.1. The Balaban J connectivity index is 1.49. The summed E-state index contributed by atoms with van der Waals surface area (Å²) in [5.74, 6) is -0.234. The monoisotopic (exact) mass is 527 g/mol. The summed E-state index contributed by atoms with van der Waals surface area (Å²) < 4.78 is 3.65. The first-order valence-electron chi connectivity index (χ1n) is 9.93. The van der Waals surface area contributed by atoms with Gasteiger partial charge in [0.2, 0.25) is 0 Å². The molecule has 3 heterocycles. The van der Waals surface area contributed by atoms with E-state index in [2.05, 4.69) is 15.0 Å². The highest BCUT2D eigenvalue weighted by Crippen LogP contribution is 2.34. The first-order valence-corrected chi connectivity index (χ1v) is 12.3. The SMILES string of the molecule is O=C(O)CN(Sc1cc(Cl)cc(Cl)c1)c1ccc2c(ccn2-c2cc(-c3nccs3)ncn2)c1. The molecule has 34 heavy (non-hydrogen) atoms. The topological polar surface area (TPSA) is 84.1 Å². The predicted octanol–water partition coefficient (Wildman–Crippen LogP) is 6.45. The molecule has 0 spiro atoms. The number of nitrogens with zero attached hydrogens (tertiary/aromatic N) is 5. The van der Waals surface area contributed by atoms with Crippen LogP contribution in [-0.2, 0) is 4.79 Å². The van der Waals surface area contributed by atoms with E-state index in [1.807, 2.05) is 46.5 Å². The van der Waals surface area contributed by atoms with Gasteiger partial charge in [0.15, 0.2) is 0 Å². The number of aromatic nitrogens is 4. The molecule has 0 saturated heterocycles. The van der Waals surface area contributed by atoms with Gasteiger partial charge in [0.25, 0.3) is 0 Å². The second kappa shape index (κ2) is 9.63. The number of benzene rings is 2. The average Bonchev–Trinajstić information content (AvgIpc) is 3.48.